The highest BCUT2D eigenvalue weighted by Crippen LogP contribution is 2.32. The van der Waals surface area contributed by atoms with E-state index in [-0.39, 0.29) is 24.5 Å². The van der Waals surface area contributed by atoms with Crippen LogP contribution in [0.1, 0.15) is 30.1 Å². The first kappa shape index (κ1) is 17.0. The van der Waals surface area contributed by atoms with Crippen molar-refractivity contribution in [3.8, 4) is 5.75 Å². The van der Waals surface area contributed by atoms with Crippen molar-refractivity contribution in [3.63, 3.8) is 0 Å². The molecule has 2 N–H and O–H groups in total. The van der Waals surface area contributed by atoms with Gasteiger partial charge in [-0.05, 0) is 49.9 Å². The largest absolute Gasteiger partial charge is 0.484 e. The van der Waals surface area contributed by atoms with E-state index >= 15 is 0 Å². The van der Waals surface area contributed by atoms with E-state index in [4.69, 9.17) is 4.74 Å². The van der Waals surface area contributed by atoms with E-state index in [1.54, 1.807) is 36.4 Å². The maximum Gasteiger partial charge on any atom is 0.258 e. The Morgan fingerprint density at radius 1 is 1.12 bits per heavy atom. The van der Waals surface area contributed by atoms with Crippen LogP contribution in [0.4, 0.5) is 5.69 Å². The Labute approximate surface area is 147 Å². The molecular weight excluding hydrogens is 316 g/mol. The molecule has 0 saturated heterocycles. The van der Waals surface area contributed by atoms with E-state index in [2.05, 4.69) is 10.6 Å². The van der Waals surface area contributed by atoms with Crippen LogP contribution in [0.3, 0.4) is 0 Å². The molecule has 0 heterocycles. The number of benzene rings is 2. The van der Waals surface area contributed by atoms with Gasteiger partial charge >= 0.3 is 0 Å². The molecule has 2 aromatic rings. The van der Waals surface area contributed by atoms with Crippen molar-refractivity contribution in [2.24, 2.45) is 5.92 Å². The number of nitrogens with one attached hydrogen (secondary N) is 2. The number of carbonyl (C=O) groups excluding carboxylic acids is 2. The molecule has 2 amide bonds. The summed E-state index contributed by atoms with van der Waals surface area (Å²) < 4.78 is 5.53. The highest BCUT2D eigenvalue weighted by atomic mass is 16.5. The third-order valence-electron chi connectivity index (χ3n) is 4.22. The van der Waals surface area contributed by atoms with Crippen LogP contribution in [-0.2, 0) is 4.79 Å². The van der Waals surface area contributed by atoms with Crippen molar-refractivity contribution in [1.29, 1.82) is 0 Å². The SMILES string of the molecule is CC(NC(=O)COc1cccc(NC(=O)c2ccccc2)c1)C1CC1. The fourth-order valence-electron chi connectivity index (χ4n) is 2.61. The lowest BCUT2D eigenvalue weighted by Gasteiger charge is -2.13. The summed E-state index contributed by atoms with van der Waals surface area (Å²) in [5, 5.41) is 5.77. The summed E-state index contributed by atoms with van der Waals surface area (Å²) in [5.74, 6) is 0.840. The number of hydrogen-bond acceptors (Lipinski definition) is 3. The number of ether oxygens (including phenoxy) is 1. The van der Waals surface area contributed by atoms with Gasteiger partial charge in [0.15, 0.2) is 6.61 Å². The first-order valence-electron chi connectivity index (χ1n) is 8.50. The summed E-state index contributed by atoms with van der Waals surface area (Å²) in [6.07, 6.45) is 2.37. The second-order valence-electron chi connectivity index (χ2n) is 6.33. The molecule has 1 unspecified atom stereocenters. The van der Waals surface area contributed by atoms with Crippen LogP contribution >= 0.6 is 0 Å². The van der Waals surface area contributed by atoms with Crippen LogP contribution in [0.15, 0.2) is 54.6 Å². The normalized spacial score (nSPS) is 14.4. The van der Waals surface area contributed by atoms with E-state index in [1.807, 2.05) is 25.1 Å². The average Bonchev–Trinajstić information content (AvgIpc) is 3.46. The molecule has 25 heavy (non-hydrogen) atoms. The quantitative estimate of drug-likeness (QED) is 0.814. The topological polar surface area (TPSA) is 67.4 Å². The zero-order valence-corrected chi connectivity index (χ0v) is 14.2. The van der Waals surface area contributed by atoms with Crippen LogP contribution in [0.2, 0.25) is 0 Å². The molecular formula is C20H22N2O3. The number of anilines is 1. The van der Waals surface area contributed by atoms with Crippen molar-refractivity contribution in [1.82, 2.24) is 5.32 Å². The molecule has 0 radical (unpaired) electrons. The van der Waals surface area contributed by atoms with Gasteiger partial charge in [0.05, 0.1) is 0 Å². The van der Waals surface area contributed by atoms with Gasteiger partial charge in [-0.2, -0.15) is 0 Å². The molecule has 3 rings (SSSR count). The van der Waals surface area contributed by atoms with Crippen molar-refractivity contribution < 1.29 is 14.3 Å². The minimum absolute atomic E-state index is 0.0346. The van der Waals surface area contributed by atoms with E-state index in [0.717, 1.165) is 0 Å². The zero-order chi connectivity index (χ0) is 17.6. The minimum Gasteiger partial charge on any atom is -0.484 e. The first-order valence-corrected chi connectivity index (χ1v) is 8.50. The van der Waals surface area contributed by atoms with Crippen molar-refractivity contribution in [2.45, 2.75) is 25.8 Å². The standard InChI is InChI=1S/C20H22N2O3/c1-14(15-10-11-15)21-19(23)13-25-18-9-5-8-17(12-18)22-20(24)16-6-3-2-4-7-16/h2-9,12,14-15H,10-11,13H2,1H3,(H,21,23)(H,22,24). The fourth-order valence-corrected chi connectivity index (χ4v) is 2.61. The molecule has 1 atom stereocenters. The van der Waals surface area contributed by atoms with Gasteiger partial charge in [-0.1, -0.05) is 24.3 Å². The molecule has 0 aromatic heterocycles. The molecule has 1 aliphatic rings. The Hall–Kier alpha value is -2.82. The van der Waals surface area contributed by atoms with Gasteiger partial charge in [0, 0.05) is 23.4 Å². The monoisotopic (exact) mass is 338 g/mol. The molecule has 2 aromatic carbocycles. The van der Waals surface area contributed by atoms with Crippen molar-refractivity contribution in [2.75, 3.05) is 11.9 Å². The summed E-state index contributed by atoms with van der Waals surface area (Å²) in [6.45, 7) is 1.99. The lowest BCUT2D eigenvalue weighted by Crippen LogP contribution is -2.37. The number of rotatable bonds is 7. The maximum atomic E-state index is 12.2. The Balaban J connectivity index is 1.52. The Kier molecular flexibility index (Phi) is 5.33. The van der Waals surface area contributed by atoms with Gasteiger partial charge in [-0.15, -0.1) is 0 Å². The van der Waals surface area contributed by atoms with Crippen molar-refractivity contribution in [3.05, 3.63) is 60.2 Å². The third-order valence-corrected chi connectivity index (χ3v) is 4.22. The van der Waals surface area contributed by atoms with Gasteiger partial charge in [-0.25, -0.2) is 0 Å². The maximum absolute atomic E-state index is 12.2. The summed E-state index contributed by atoms with van der Waals surface area (Å²) in [6, 6.07) is 16.2. The second-order valence-corrected chi connectivity index (χ2v) is 6.33. The van der Waals surface area contributed by atoms with Gasteiger partial charge in [0.25, 0.3) is 11.8 Å². The summed E-state index contributed by atoms with van der Waals surface area (Å²) in [4.78, 5) is 24.1. The predicted octanol–water partition coefficient (Wildman–Crippen LogP) is 3.23. The van der Waals surface area contributed by atoms with Crippen LogP contribution in [0.5, 0.6) is 5.75 Å². The predicted molar refractivity (Wildman–Crippen MR) is 96.7 cm³/mol. The molecule has 0 aliphatic heterocycles. The van der Waals surface area contributed by atoms with Crippen LogP contribution in [-0.4, -0.2) is 24.5 Å². The van der Waals surface area contributed by atoms with Crippen LogP contribution in [0.25, 0.3) is 0 Å². The van der Waals surface area contributed by atoms with Gasteiger partial charge in [-0.3, -0.25) is 9.59 Å². The van der Waals surface area contributed by atoms with Gasteiger partial charge in [0.2, 0.25) is 0 Å². The molecule has 5 nitrogen and oxygen atoms in total. The third kappa shape index (κ3) is 5.08. The van der Waals surface area contributed by atoms with E-state index < -0.39 is 0 Å². The second kappa shape index (κ2) is 7.83. The summed E-state index contributed by atoms with van der Waals surface area (Å²) in [7, 11) is 0. The van der Waals surface area contributed by atoms with Crippen LogP contribution in [0, 0.1) is 5.92 Å². The molecule has 1 aliphatic carbocycles. The first-order chi connectivity index (χ1) is 12.1. The zero-order valence-electron chi connectivity index (χ0n) is 14.2. The number of amides is 2. The fraction of sp³-hybridized carbons (Fsp3) is 0.300. The summed E-state index contributed by atoms with van der Waals surface area (Å²) >= 11 is 0. The van der Waals surface area contributed by atoms with E-state index in [1.165, 1.54) is 12.8 Å². The van der Waals surface area contributed by atoms with Crippen LogP contribution < -0.4 is 15.4 Å². The molecule has 0 bridgehead atoms. The smallest absolute Gasteiger partial charge is 0.258 e. The lowest BCUT2D eigenvalue weighted by molar-refractivity contribution is -0.123. The highest BCUT2D eigenvalue weighted by molar-refractivity contribution is 6.04. The Morgan fingerprint density at radius 2 is 1.88 bits per heavy atom. The van der Waals surface area contributed by atoms with E-state index in [0.29, 0.717) is 22.9 Å². The molecule has 1 saturated carbocycles. The van der Waals surface area contributed by atoms with Crippen molar-refractivity contribution >= 4 is 17.5 Å². The molecule has 5 heteroatoms. The number of carbonyl (C=O) groups is 2. The molecule has 0 spiro atoms. The molecule has 1 fully saturated rings. The Morgan fingerprint density at radius 3 is 2.60 bits per heavy atom. The highest BCUT2D eigenvalue weighted by Gasteiger charge is 2.28. The Bertz CT molecular complexity index is 742. The van der Waals surface area contributed by atoms with E-state index in [9.17, 15) is 9.59 Å². The number of hydrogen-bond donors (Lipinski definition) is 2. The average molecular weight is 338 g/mol. The van der Waals surface area contributed by atoms with Gasteiger partial charge in [0.1, 0.15) is 5.75 Å². The molecule has 130 valence electrons. The minimum atomic E-state index is -0.186. The van der Waals surface area contributed by atoms with Gasteiger partial charge < -0.3 is 15.4 Å². The lowest BCUT2D eigenvalue weighted by atomic mass is 10.2. The summed E-state index contributed by atoms with van der Waals surface area (Å²) in [5.41, 5.74) is 1.21.